The van der Waals surface area contributed by atoms with Crippen molar-refractivity contribution in [3.8, 4) is 16.8 Å². The van der Waals surface area contributed by atoms with Gasteiger partial charge in [0.05, 0.1) is 21.7 Å². The Bertz CT molecular complexity index is 1120. The van der Waals surface area contributed by atoms with E-state index in [1.54, 1.807) is 42.6 Å². The Kier molecular flexibility index (Phi) is 5.22. The second-order valence-corrected chi connectivity index (χ2v) is 8.85. The van der Waals surface area contributed by atoms with E-state index in [0.29, 0.717) is 21.2 Å². The van der Waals surface area contributed by atoms with Crippen LogP contribution in [-0.2, 0) is 9.84 Å². The molecule has 0 aliphatic carbocycles. The fourth-order valence-corrected chi connectivity index (χ4v) is 3.98. The van der Waals surface area contributed by atoms with Crippen LogP contribution in [0.2, 0.25) is 5.02 Å². The lowest BCUT2D eigenvalue weighted by Crippen LogP contribution is -2.23. The van der Waals surface area contributed by atoms with E-state index in [9.17, 15) is 13.2 Å². The van der Waals surface area contributed by atoms with Gasteiger partial charge < -0.3 is 0 Å². The number of sulfone groups is 1. The normalized spacial score (nSPS) is 11.5. The van der Waals surface area contributed by atoms with E-state index >= 15 is 0 Å². The molecule has 0 saturated carbocycles. The van der Waals surface area contributed by atoms with Crippen molar-refractivity contribution in [3.05, 3.63) is 70.1 Å². The summed E-state index contributed by atoms with van der Waals surface area (Å²) in [4.78, 5) is 13.6. The number of aromatic nitrogens is 2. The first-order valence-corrected chi connectivity index (χ1v) is 11.0. The maximum atomic E-state index is 12.9. The molecule has 8 heteroatoms. The van der Waals surface area contributed by atoms with E-state index in [4.69, 9.17) is 11.6 Å². The summed E-state index contributed by atoms with van der Waals surface area (Å²) in [7, 11) is -3.27. The Morgan fingerprint density at radius 1 is 1.12 bits per heavy atom. The van der Waals surface area contributed by atoms with Gasteiger partial charge in [0, 0.05) is 16.8 Å². The van der Waals surface area contributed by atoms with E-state index in [0.717, 1.165) is 11.8 Å². The highest BCUT2D eigenvalue weighted by Gasteiger charge is 2.15. The van der Waals surface area contributed by atoms with Crippen LogP contribution in [-0.4, -0.2) is 30.7 Å². The fraction of sp³-hybridized carbons (Fsp3) is 0.111. The molecule has 2 aromatic carbocycles. The molecule has 0 N–H and O–H groups in total. The predicted octanol–water partition coefficient (Wildman–Crippen LogP) is 3.68. The van der Waals surface area contributed by atoms with E-state index in [2.05, 4.69) is 5.10 Å². The zero-order valence-corrected chi connectivity index (χ0v) is 16.4. The van der Waals surface area contributed by atoms with Gasteiger partial charge in [0.15, 0.2) is 9.84 Å². The first kappa shape index (κ1) is 18.7. The molecule has 0 amide bonds. The minimum atomic E-state index is -3.27. The van der Waals surface area contributed by atoms with Crippen LogP contribution in [0.1, 0.15) is 0 Å². The van der Waals surface area contributed by atoms with Crippen LogP contribution < -0.4 is 5.56 Å². The summed E-state index contributed by atoms with van der Waals surface area (Å²) in [6.45, 7) is 0. The van der Waals surface area contributed by atoms with Gasteiger partial charge >= 0.3 is 0 Å². The van der Waals surface area contributed by atoms with Gasteiger partial charge in [0.2, 0.25) is 0 Å². The minimum Gasteiger partial charge on any atom is -0.266 e. The SMILES string of the molecule is CSc1c(-c2ccc(S(C)(=O)=O)cc2)cnn(-c2cccc(Cl)c2)c1=O. The third kappa shape index (κ3) is 3.70. The summed E-state index contributed by atoms with van der Waals surface area (Å²) in [6, 6.07) is 13.3. The zero-order chi connectivity index (χ0) is 18.9. The Hall–Kier alpha value is -2.09. The Labute approximate surface area is 160 Å². The van der Waals surface area contributed by atoms with Gasteiger partial charge in [0.1, 0.15) is 0 Å². The van der Waals surface area contributed by atoms with Crippen LogP contribution in [0.15, 0.2) is 69.3 Å². The van der Waals surface area contributed by atoms with Gasteiger partial charge in [0.25, 0.3) is 5.56 Å². The molecular formula is C18H15ClN2O3S2. The molecule has 0 spiro atoms. The highest BCUT2D eigenvalue weighted by atomic mass is 35.5. The Morgan fingerprint density at radius 2 is 1.81 bits per heavy atom. The first-order valence-electron chi connectivity index (χ1n) is 7.54. The van der Waals surface area contributed by atoms with Gasteiger partial charge in [-0.3, -0.25) is 4.79 Å². The summed E-state index contributed by atoms with van der Waals surface area (Å²) in [5, 5.41) is 4.78. The number of nitrogens with zero attached hydrogens (tertiary/aromatic N) is 2. The summed E-state index contributed by atoms with van der Waals surface area (Å²) in [5.74, 6) is 0. The molecule has 3 rings (SSSR count). The van der Waals surface area contributed by atoms with E-state index in [1.807, 2.05) is 6.26 Å². The second-order valence-electron chi connectivity index (χ2n) is 5.58. The number of thioether (sulfide) groups is 1. The molecule has 0 aliphatic rings. The molecule has 0 bridgehead atoms. The van der Waals surface area contributed by atoms with Crippen molar-refractivity contribution in [3.63, 3.8) is 0 Å². The van der Waals surface area contributed by atoms with Gasteiger partial charge in [-0.1, -0.05) is 29.8 Å². The van der Waals surface area contributed by atoms with Crippen LogP contribution in [0, 0.1) is 0 Å². The highest BCUT2D eigenvalue weighted by Crippen LogP contribution is 2.28. The van der Waals surface area contributed by atoms with Crippen LogP contribution in [0.25, 0.3) is 16.8 Å². The number of rotatable bonds is 4. The van der Waals surface area contributed by atoms with Crippen molar-refractivity contribution in [1.29, 1.82) is 0 Å². The number of hydrogen-bond donors (Lipinski definition) is 0. The maximum absolute atomic E-state index is 12.9. The molecule has 0 fully saturated rings. The van der Waals surface area contributed by atoms with Crippen molar-refractivity contribution in [2.75, 3.05) is 12.5 Å². The molecule has 134 valence electrons. The molecule has 1 aromatic heterocycles. The zero-order valence-electron chi connectivity index (χ0n) is 14.0. The topological polar surface area (TPSA) is 69.0 Å². The Morgan fingerprint density at radius 3 is 2.38 bits per heavy atom. The van der Waals surface area contributed by atoms with Crippen LogP contribution in [0.4, 0.5) is 0 Å². The van der Waals surface area contributed by atoms with Crippen LogP contribution >= 0.6 is 23.4 Å². The standard InChI is InChI=1S/C18H15ClN2O3S2/c1-25-17-16(12-6-8-15(9-7-12)26(2,23)24)11-20-21(18(17)22)14-5-3-4-13(19)10-14/h3-11H,1-2H3. The van der Waals surface area contributed by atoms with Crippen molar-refractivity contribution in [2.45, 2.75) is 9.79 Å². The van der Waals surface area contributed by atoms with Gasteiger partial charge in [-0.05, 0) is 42.2 Å². The molecule has 0 unspecified atom stereocenters. The molecule has 5 nitrogen and oxygen atoms in total. The third-order valence-corrected chi connectivity index (χ3v) is 5.95. The number of benzene rings is 2. The molecule has 3 aromatic rings. The quantitative estimate of drug-likeness (QED) is 0.618. The molecule has 0 radical (unpaired) electrons. The van der Waals surface area contributed by atoms with Crippen LogP contribution in [0.3, 0.4) is 0 Å². The lowest BCUT2D eigenvalue weighted by molar-refractivity contribution is 0.602. The molecule has 0 saturated heterocycles. The lowest BCUT2D eigenvalue weighted by atomic mass is 10.1. The molecular weight excluding hydrogens is 392 g/mol. The van der Waals surface area contributed by atoms with Crippen molar-refractivity contribution < 1.29 is 8.42 Å². The highest BCUT2D eigenvalue weighted by molar-refractivity contribution is 7.98. The first-order chi connectivity index (χ1) is 12.3. The average Bonchev–Trinajstić information content (AvgIpc) is 2.60. The third-order valence-electron chi connectivity index (χ3n) is 3.78. The molecule has 1 heterocycles. The van der Waals surface area contributed by atoms with Crippen molar-refractivity contribution in [1.82, 2.24) is 9.78 Å². The Balaban J connectivity index is 2.13. The largest absolute Gasteiger partial charge is 0.285 e. The predicted molar refractivity (Wildman–Crippen MR) is 105 cm³/mol. The summed E-state index contributed by atoms with van der Waals surface area (Å²) >= 11 is 7.32. The van der Waals surface area contributed by atoms with Gasteiger partial charge in [-0.25, -0.2) is 8.42 Å². The fourth-order valence-electron chi connectivity index (χ4n) is 2.51. The van der Waals surface area contributed by atoms with Crippen molar-refractivity contribution in [2.24, 2.45) is 0 Å². The van der Waals surface area contributed by atoms with Gasteiger partial charge in [-0.2, -0.15) is 9.78 Å². The second kappa shape index (κ2) is 7.26. The van der Waals surface area contributed by atoms with Crippen molar-refractivity contribution >= 4 is 33.2 Å². The lowest BCUT2D eigenvalue weighted by Gasteiger charge is -2.11. The summed E-state index contributed by atoms with van der Waals surface area (Å²) < 4.78 is 24.5. The smallest absolute Gasteiger partial charge is 0.266 e. The molecule has 26 heavy (non-hydrogen) atoms. The maximum Gasteiger partial charge on any atom is 0.285 e. The van der Waals surface area contributed by atoms with E-state index in [1.165, 1.54) is 28.6 Å². The minimum absolute atomic E-state index is 0.229. The summed E-state index contributed by atoms with van der Waals surface area (Å²) in [5.41, 5.74) is 1.70. The van der Waals surface area contributed by atoms with Gasteiger partial charge in [-0.15, -0.1) is 11.8 Å². The van der Waals surface area contributed by atoms with E-state index < -0.39 is 9.84 Å². The average molecular weight is 407 g/mol. The molecule has 0 atom stereocenters. The number of halogens is 1. The van der Waals surface area contributed by atoms with E-state index in [-0.39, 0.29) is 10.5 Å². The molecule has 0 aliphatic heterocycles. The monoisotopic (exact) mass is 406 g/mol. The number of hydrogen-bond acceptors (Lipinski definition) is 5. The van der Waals surface area contributed by atoms with Crippen LogP contribution in [0.5, 0.6) is 0 Å². The summed E-state index contributed by atoms with van der Waals surface area (Å²) in [6.07, 6.45) is 4.57.